The Morgan fingerprint density at radius 3 is 2.67 bits per heavy atom. The lowest BCUT2D eigenvalue weighted by Crippen LogP contribution is -2.21. The van der Waals surface area contributed by atoms with E-state index in [1.54, 1.807) is 0 Å². The Bertz CT molecular complexity index is 1600. The van der Waals surface area contributed by atoms with Crippen LogP contribution < -0.4 is 10.5 Å². The Kier molecular flexibility index (Phi) is 5.72. The normalized spacial score (nSPS) is 12.2. The molecule has 0 saturated carbocycles. The smallest absolute Gasteiger partial charge is 0.343 e. The average Bonchev–Trinajstić information content (AvgIpc) is 3.22. The highest BCUT2D eigenvalue weighted by atomic mass is 79.9. The van der Waals surface area contributed by atoms with Crippen molar-refractivity contribution in [3.05, 3.63) is 67.9 Å². The molecule has 0 spiro atoms. The zero-order chi connectivity index (χ0) is 23.1. The molecular formula is C25H21BrN4O2S. The summed E-state index contributed by atoms with van der Waals surface area (Å²) in [7, 11) is 0. The van der Waals surface area contributed by atoms with Gasteiger partial charge in [0.2, 0.25) is 0 Å². The lowest BCUT2D eigenvalue weighted by Gasteiger charge is -2.20. The molecule has 5 aromatic rings. The summed E-state index contributed by atoms with van der Waals surface area (Å²) >= 11 is 4.93. The van der Waals surface area contributed by atoms with Crippen LogP contribution in [-0.2, 0) is 0 Å². The largest absolute Gasteiger partial charge is 0.422 e. The molecule has 0 N–H and O–H groups in total. The third-order valence-electron chi connectivity index (χ3n) is 5.56. The van der Waals surface area contributed by atoms with Crippen LogP contribution in [0, 0.1) is 0 Å². The molecule has 3 aromatic heterocycles. The minimum absolute atomic E-state index is 0.369. The molecule has 5 rings (SSSR count). The van der Waals surface area contributed by atoms with E-state index in [-0.39, 0.29) is 5.63 Å². The molecule has 0 atom stereocenters. The Morgan fingerprint density at radius 2 is 1.88 bits per heavy atom. The van der Waals surface area contributed by atoms with E-state index in [9.17, 15) is 4.79 Å². The molecule has 0 aliphatic rings. The Labute approximate surface area is 202 Å². The Balaban J connectivity index is 1.53. The second-order valence-corrected chi connectivity index (χ2v) is 9.61. The van der Waals surface area contributed by atoms with Crippen LogP contribution in [-0.4, -0.2) is 28.0 Å². The molecule has 0 bridgehead atoms. The fourth-order valence-corrected chi connectivity index (χ4v) is 5.03. The quantitative estimate of drug-likeness (QED) is 0.246. The van der Waals surface area contributed by atoms with Gasteiger partial charge in [0.05, 0.1) is 16.6 Å². The molecule has 166 valence electrons. The topological polar surface area (TPSA) is 72.1 Å². The fraction of sp³-hybridized carbons (Fsp3) is 0.200. The predicted octanol–water partition coefficient (Wildman–Crippen LogP) is 6.52. The molecule has 0 unspecified atom stereocenters. The van der Waals surface area contributed by atoms with Gasteiger partial charge in [0.1, 0.15) is 10.6 Å². The number of thiazole rings is 1. The molecule has 2 aromatic carbocycles. The maximum atomic E-state index is 12.7. The van der Waals surface area contributed by atoms with Crippen molar-refractivity contribution in [1.29, 1.82) is 0 Å². The number of nitrogens with zero attached hydrogens (tertiary/aromatic N) is 4. The van der Waals surface area contributed by atoms with Gasteiger partial charge < -0.3 is 9.32 Å². The van der Waals surface area contributed by atoms with Crippen molar-refractivity contribution in [3.63, 3.8) is 0 Å². The third kappa shape index (κ3) is 4.16. The number of aromatic nitrogens is 3. The van der Waals surface area contributed by atoms with Gasteiger partial charge in [-0.3, -0.25) is 0 Å². The summed E-state index contributed by atoms with van der Waals surface area (Å²) in [5, 5.41) is 1.66. The number of fused-ring (bicyclic) bond motifs is 3. The minimum Gasteiger partial charge on any atom is -0.422 e. The van der Waals surface area contributed by atoms with Gasteiger partial charge in [-0.05, 0) is 68.8 Å². The summed E-state index contributed by atoms with van der Waals surface area (Å²) in [6, 6.07) is 13.6. The van der Waals surface area contributed by atoms with Gasteiger partial charge in [-0.2, -0.15) is 0 Å². The van der Waals surface area contributed by atoms with Crippen molar-refractivity contribution in [2.45, 2.75) is 20.8 Å². The van der Waals surface area contributed by atoms with Crippen LogP contribution in [0.25, 0.3) is 44.1 Å². The lowest BCUT2D eigenvalue weighted by atomic mass is 10.1. The molecule has 0 aliphatic heterocycles. The van der Waals surface area contributed by atoms with E-state index in [1.165, 1.54) is 11.3 Å². The molecule has 0 amide bonds. The summed E-state index contributed by atoms with van der Waals surface area (Å²) in [4.78, 5) is 29.7. The number of rotatable bonds is 5. The second-order valence-electron chi connectivity index (χ2n) is 7.72. The van der Waals surface area contributed by atoms with E-state index in [0.29, 0.717) is 16.8 Å². The molecule has 0 fully saturated rings. The number of benzene rings is 2. The Morgan fingerprint density at radius 1 is 1.06 bits per heavy atom. The van der Waals surface area contributed by atoms with E-state index in [1.807, 2.05) is 49.4 Å². The van der Waals surface area contributed by atoms with Crippen molar-refractivity contribution in [3.8, 4) is 0 Å². The maximum Gasteiger partial charge on any atom is 0.343 e. The van der Waals surface area contributed by atoms with Crippen LogP contribution in [0.3, 0.4) is 0 Å². The van der Waals surface area contributed by atoms with Gasteiger partial charge in [0, 0.05) is 34.7 Å². The molecule has 8 heteroatoms. The first kappa shape index (κ1) is 21.7. The fourth-order valence-electron chi connectivity index (χ4n) is 3.82. The summed E-state index contributed by atoms with van der Waals surface area (Å²) < 4.78 is 6.61. The zero-order valence-electron chi connectivity index (χ0n) is 18.4. The summed E-state index contributed by atoms with van der Waals surface area (Å²) in [6.45, 7) is 7.93. The van der Waals surface area contributed by atoms with Crippen molar-refractivity contribution >= 4 is 77.1 Å². The molecule has 33 heavy (non-hydrogen) atoms. The second kappa shape index (κ2) is 8.68. The summed E-state index contributed by atoms with van der Waals surface area (Å²) in [5.41, 5.74) is 4.82. The third-order valence-corrected chi connectivity index (χ3v) is 7.13. The van der Waals surface area contributed by atoms with Crippen molar-refractivity contribution in [1.82, 2.24) is 15.0 Å². The van der Waals surface area contributed by atoms with Crippen LogP contribution in [0.2, 0.25) is 0 Å². The van der Waals surface area contributed by atoms with Gasteiger partial charge in [-0.25, -0.2) is 19.7 Å². The zero-order valence-corrected chi connectivity index (χ0v) is 20.8. The van der Waals surface area contributed by atoms with Crippen molar-refractivity contribution < 1.29 is 4.42 Å². The number of hydrogen-bond donors (Lipinski definition) is 0. The highest BCUT2D eigenvalue weighted by molar-refractivity contribution is 9.10. The monoisotopic (exact) mass is 520 g/mol. The van der Waals surface area contributed by atoms with Gasteiger partial charge in [-0.1, -0.05) is 27.3 Å². The highest BCUT2D eigenvalue weighted by Gasteiger charge is 2.12. The predicted molar refractivity (Wildman–Crippen MR) is 140 cm³/mol. The standard InChI is InChI=1S/C25H21BrN4O2S/c1-4-30(5-2)18-8-6-15-11-16(25(31)32-21(15)13-18)10-14(3)23-29-22-24(33-23)28-19-9-7-17(26)12-20(19)27-22/h6-13H,4-5H2,1-3H3/b14-10+. The molecular weight excluding hydrogens is 500 g/mol. The molecule has 3 heterocycles. The van der Waals surface area contributed by atoms with Crippen molar-refractivity contribution in [2.75, 3.05) is 18.0 Å². The van der Waals surface area contributed by atoms with Crippen LogP contribution >= 0.6 is 27.3 Å². The van der Waals surface area contributed by atoms with E-state index in [4.69, 9.17) is 4.42 Å². The van der Waals surface area contributed by atoms with Crippen LogP contribution in [0.5, 0.6) is 0 Å². The summed E-state index contributed by atoms with van der Waals surface area (Å²) in [5.74, 6) is 0. The van der Waals surface area contributed by atoms with Crippen LogP contribution in [0.15, 0.2) is 56.1 Å². The first-order valence-electron chi connectivity index (χ1n) is 10.7. The average molecular weight is 521 g/mol. The number of anilines is 1. The summed E-state index contributed by atoms with van der Waals surface area (Å²) in [6.07, 6.45) is 1.82. The van der Waals surface area contributed by atoms with Gasteiger partial charge in [0.25, 0.3) is 0 Å². The highest BCUT2D eigenvalue weighted by Crippen LogP contribution is 2.29. The van der Waals surface area contributed by atoms with Gasteiger partial charge in [-0.15, -0.1) is 0 Å². The molecule has 0 aliphatic carbocycles. The lowest BCUT2D eigenvalue weighted by molar-refractivity contribution is 0.559. The minimum atomic E-state index is -0.369. The molecule has 0 saturated heterocycles. The van der Waals surface area contributed by atoms with E-state index in [0.717, 1.165) is 55.1 Å². The molecule has 6 nitrogen and oxygen atoms in total. The Hall–Kier alpha value is -3.10. The SMILES string of the molecule is CCN(CC)c1ccc2cc(/C=C(\C)c3nc4nc5cc(Br)ccc5nc4s3)c(=O)oc2c1. The number of halogens is 1. The maximum absolute atomic E-state index is 12.7. The first-order valence-corrected chi connectivity index (χ1v) is 12.3. The van der Waals surface area contributed by atoms with Crippen molar-refractivity contribution in [2.24, 2.45) is 0 Å². The van der Waals surface area contributed by atoms with Crippen LogP contribution in [0.1, 0.15) is 31.3 Å². The van der Waals surface area contributed by atoms with Gasteiger partial charge in [0.15, 0.2) is 10.5 Å². The van der Waals surface area contributed by atoms with E-state index in [2.05, 4.69) is 55.7 Å². The van der Waals surface area contributed by atoms with E-state index < -0.39 is 0 Å². The number of hydrogen-bond acceptors (Lipinski definition) is 7. The molecule has 0 radical (unpaired) electrons. The van der Waals surface area contributed by atoms with Crippen LogP contribution in [0.4, 0.5) is 5.69 Å². The number of allylic oxidation sites excluding steroid dienone is 1. The van der Waals surface area contributed by atoms with E-state index >= 15 is 0 Å². The van der Waals surface area contributed by atoms with Gasteiger partial charge >= 0.3 is 5.63 Å². The first-order chi connectivity index (χ1) is 15.9.